The van der Waals surface area contributed by atoms with E-state index in [4.69, 9.17) is 10.8 Å². The van der Waals surface area contributed by atoms with Crippen LogP contribution in [0.5, 0.6) is 0 Å². The van der Waals surface area contributed by atoms with E-state index in [-0.39, 0.29) is 12.5 Å². The van der Waals surface area contributed by atoms with Gasteiger partial charge in [0.1, 0.15) is 0 Å². The Morgan fingerprint density at radius 1 is 1.28 bits per heavy atom. The number of hydrogen-bond donors (Lipinski definition) is 2. The van der Waals surface area contributed by atoms with Gasteiger partial charge in [-0.15, -0.1) is 0 Å². The lowest BCUT2D eigenvalue weighted by Crippen LogP contribution is -2.45. The standard InChI is InChI=1S/C12H18N2O4/c1-2-14(7-10(13)15)11(16)8-5-3-4-6-9(8)12(17)18/h3-4,8-9H,2,5-7H2,1H3,(H2,13,15)(H,17,18). The summed E-state index contributed by atoms with van der Waals surface area (Å²) in [7, 11) is 0. The van der Waals surface area contributed by atoms with Crippen LogP contribution in [0.4, 0.5) is 0 Å². The van der Waals surface area contributed by atoms with Crippen molar-refractivity contribution < 1.29 is 19.5 Å². The van der Waals surface area contributed by atoms with Crippen LogP contribution >= 0.6 is 0 Å². The topological polar surface area (TPSA) is 101 Å². The maximum absolute atomic E-state index is 12.2. The fraction of sp³-hybridized carbons (Fsp3) is 0.583. The Bertz CT molecular complexity index is 378. The Morgan fingerprint density at radius 3 is 2.28 bits per heavy atom. The second-order valence-electron chi connectivity index (χ2n) is 4.31. The number of carbonyl (C=O) groups is 3. The number of carbonyl (C=O) groups excluding carboxylic acids is 2. The summed E-state index contributed by atoms with van der Waals surface area (Å²) in [5.41, 5.74) is 5.07. The first-order valence-corrected chi connectivity index (χ1v) is 5.92. The third kappa shape index (κ3) is 3.32. The van der Waals surface area contributed by atoms with Crippen LogP contribution in [0, 0.1) is 11.8 Å². The molecule has 2 unspecified atom stereocenters. The Labute approximate surface area is 105 Å². The van der Waals surface area contributed by atoms with Gasteiger partial charge in [0.25, 0.3) is 0 Å². The molecule has 0 aromatic heterocycles. The van der Waals surface area contributed by atoms with Gasteiger partial charge in [-0.3, -0.25) is 14.4 Å². The Kier molecular flexibility index (Phi) is 4.88. The lowest BCUT2D eigenvalue weighted by atomic mass is 9.82. The van der Waals surface area contributed by atoms with Crippen LogP contribution in [0.1, 0.15) is 19.8 Å². The number of likely N-dealkylation sites (N-methyl/N-ethyl adjacent to an activating group) is 1. The molecule has 6 nitrogen and oxygen atoms in total. The van der Waals surface area contributed by atoms with Gasteiger partial charge in [0.15, 0.2) is 0 Å². The van der Waals surface area contributed by atoms with Gasteiger partial charge in [0.05, 0.1) is 18.4 Å². The molecule has 3 N–H and O–H groups in total. The highest BCUT2D eigenvalue weighted by atomic mass is 16.4. The van der Waals surface area contributed by atoms with E-state index in [1.165, 1.54) is 4.90 Å². The van der Waals surface area contributed by atoms with Crippen molar-refractivity contribution in [2.24, 2.45) is 17.6 Å². The van der Waals surface area contributed by atoms with Crippen LogP contribution < -0.4 is 5.73 Å². The maximum atomic E-state index is 12.2. The summed E-state index contributed by atoms with van der Waals surface area (Å²) in [6.07, 6.45) is 4.32. The number of hydrogen-bond acceptors (Lipinski definition) is 3. The number of carboxylic acids is 1. The highest BCUT2D eigenvalue weighted by Gasteiger charge is 2.36. The van der Waals surface area contributed by atoms with Crippen LogP contribution in [0.3, 0.4) is 0 Å². The zero-order chi connectivity index (χ0) is 13.7. The molecule has 1 rings (SSSR count). The Hall–Kier alpha value is -1.85. The summed E-state index contributed by atoms with van der Waals surface area (Å²) in [4.78, 5) is 35.5. The van der Waals surface area contributed by atoms with E-state index in [0.717, 1.165) is 0 Å². The minimum absolute atomic E-state index is 0.165. The molecule has 0 radical (unpaired) electrons. The molecule has 0 bridgehead atoms. The molecular weight excluding hydrogens is 236 g/mol. The number of aliphatic carboxylic acids is 1. The Balaban J connectivity index is 2.82. The summed E-state index contributed by atoms with van der Waals surface area (Å²) in [6, 6.07) is 0. The predicted molar refractivity (Wildman–Crippen MR) is 64.4 cm³/mol. The summed E-state index contributed by atoms with van der Waals surface area (Å²) >= 11 is 0. The highest BCUT2D eigenvalue weighted by molar-refractivity contribution is 5.88. The number of nitrogens with zero attached hydrogens (tertiary/aromatic N) is 1. The minimum atomic E-state index is -0.979. The van der Waals surface area contributed by atoms with E-state index in [2.05, 4.69) is 0 Å². The van der Waals surface area contributed by atoms with Crippen molar-refractivity contribution in [2.45, 2.75) is 19.8 Å². The van der Waals surface area contributed by atoms with Gasteiger partial charge >= 0.3 is 5.97 Å². The van der Waals surface area contributed by atoms with Crippen LogP contribution in [0.2, 0.25) is 0 Å². The SMILES string of the molecule is CCN(CC(N)=O)C(=O)C1CC=CCC1C(=O)O. The lowest BCUT2D eigenvalue weighted by Gasteiger charge is -2.29. The molecule has 0 saturated heterocycles. The molecule has 0 spiro atoms. The van der Waals surface area contributed by atoms with Crippen LogP contribution in [0.25, 0.3) is 0 Å². The molecule has 0 heterocycles. The third-order valence-electron chi connectivity index (χ3n) is 3.11. The summed E-state index contributed by atoms with van der Waals surface area (Å²) in [5.74, 6) is -3.21. The van der Waals surface area contributed by atoms with Gasteiger partial charge in [-0.2, -0.15) is 0 Å². The molecule has 1 aliphatic carbocycles. The summed E-state index contributed by atoms with van der Waals surface area (Å²) in [6.45, 7) is 1.91. The van der Waals surface area contributed by atoms with Gasteiger partial charge < -0.3 is 15.7 Å². The van der Waals surface area contributed by atoms with E-state index in [1.807, 2.05) is 0 Å². The molecule has 1 aliphatic rings. The minimum Gasteiger partial charge on any atom is -0.481 e. The second kappa shape index (κ2) is 6.18. The average molecular weight is 254 g/mol. The molecule has 100 valence electrons. The first kappa shape index (κ1) is 14.2. The molecule has 0 fully saturated rings. The van der Waals surface area contributed by atoms with Crippen molar-refractivity contribution in [1.29, 1.82) is 0 Å². The zero-order valence-electron chi connectivity index (χ0n) is 10.3. The fourth-order valence-electron chi connectivity index (χ4n) is 2.13. The average Bonchev–Trinajstić information content (AvgIpc) is 2.34. The highest BCUT2D eigenvalue weighted by Crippen LogP contribution is 2.27. The molecule has 0 aliphatic heterocycles. The van der Waals surface area contributed by atoms with Crippen LogP contribution in [0.15, 0.2) is 12.2 Å². The molecule has 0 aromatic rings. The van der Waals surface area contributed by atoms with E-state index < -0.39 is 23.7 Å². The number of carboxylic acid groups (broad SMARTS) is 1. The molecule has 0 aromatic carbocycles. The van der Waals surface area contributed by atoms with Gasteiger partial charge in [-0.1, -0.05) is 12.2 Å². The van der Waals surface area contributed by atoms with E-state index in [9.17, 15) is 14.4 Å². The number of amides is 2. The quantitative estimate of drug-likeness (QED) is 0.673. The largest absolute Gasteiger partial charge is 0.481 e. The van der Waals surface area contributed by atoms with Crippen molar-refractivity contribution in [3.05, 3.63) is 12.2 Å². The first-order chi connectivity index (χ1) is 8.47. The molecule has 2 amide bonds. The smallest absolute Gasteiger partial charge is 0.307 e. The van der Waals surface area contributed by atoms with Crippen molar-refractivity contribution in [1.82, 2.24) is 4.90 Å². The normalized spacial score (nSPS) is 22.5. The van der Waals surface area contributed by atoms with Gasteiger partial charge in [0.2, 0.25) is 11.8 Å². The summed E-state index contributed by atoms with van der Waals surface area (Å²) in [5, 5.41) is 9.10. The first-order valence-electron chi connectivity index (χ1n) is 5.92. The number of allylic oxidation sites excluding steroid dienone is 2. The lowest BCUT2D eigenvalue weighted by molar-refractivity contribution is -0.151. The van der Waals surface area contributed by atoms with Gasteiger partial charge in [-0.05, 0) is 19.8 Å². The second-order valence-corrected chi connectivity index (χ2v) is 4.31. The van der Waals surface area contributed by atoms with Crippen molar-refractivity contribution >= 4 is 17.8 Å². The van der Waals surface area contributed by atoms with Gasteiger partial charge in [0, 0.05) is 6.54 Å². The zero-order valence-corrected chi connectivity index (χ0v) is 10.3. The Morgan fingerprint density at radius 2 is 1.83 bits per heavy atom. The van der Waals surface area contributed by atoms with E-state index in [0.29, 0.717) is 19.4 Å². The van der Waals surface area contributed by atoms with Crippen LogP contribution in [-0.2, 0) is 14.4 Å². The monoisotopic (exact) mass is 254 g/mol. The maximum Gasteiger partial charge on any atom is 0.307 e. The summed E-state index contributed by atoms with van der Waals surface area (Å²) < 4.78 is 0. The molecule has 0 saturated carbocycles. The van der Waals surface area contributed by atoms with E-state index in [1.54, 1.807) is 19.1 Å². The molecule has 18 heavy (non-hydrogen) atoms. The van der Waals surface area contributed by atoms with Crippen LogP contribution in [-0.4, -0.2) is 40.9 Å². The number of primary amides is 1. The number of nitrogens with two attached hydrogens (primary N) is 1. The van der Waals surface area contributed by atoms with Crippen molar-refractivity contribution in [2.75, 3.05) is 13.1 Å². The number of rotatable bonds is 5. The molecule has 6 heteroatoms. The fourth-order valence-corrected chi connectivity index (χ4v) is 2.13. The predicted octanol–water partition coefficient (Wildman–Crippen LogP) is -0.0128. The van der Waals surface area contributed by atoms with Crippen molar-refractivity contribution in [3.8, 4) is 0 Å². The molecule has 2 atom stereocenters. The third-order valence-corrected chi connectivity index (χ3v) is 3.11. The van der Waals surface area contributed by atoms with E-state index >= 15 is 0 Å². The van der Waals surface area contributed by atoms with Crippen molar-refractivity contribution in [3.63, 3.8) is 0 Å². The molecular formula is C12H18N2O4. The van der Waals surface area contributed by atoms with Gasteiger partial charge in [-0.25, -0.2) is 0 Å².